The van der Waals surface area contributed by atoms with Crippen molar-refractivity contribution in [1.29, 1.82) is 5.26 Å². The third-order valence-electron chi connectivity index (χ3n) is 2.13. The summed E-state index contributed by atoms with van der Waals surface area (Å²) in [6, 6.07) is 3.07. The lowest BCUT2D eigenvalue weighted by molar-refractivity contribution is -0.119. The molecule has 8 heteroatoms. The van der Waals surface area contributed by atoms with Crippen LogP contribution in [0.15, 0.2) is 12.3 Å². The third kappa shape index (κ3) is 3.49. The first-order chi connectivity index (χ1) is 8.39. The first-order valence-electron chi connectivity index (χ1n) is 4.96. The van der Waals surface area contributed by atoms with Crippen LogP contribution in [0, 0.1) is 11.3 Å². The van der Waals surface area contributed by atoms with Gasteiger partial charge in [0.1, 0.15) is 12.6 Å². The third-order valence-corrected chi connectivity index (χ3v) is 2.13. The molecule has 0 amide bonds. The van der Waals surface area contributed by atoms with Gasteiger partial charge in [0, 0.05) is 12.7 Å². The molecule has 1 aromatic heterocycles. The fraction of sp³-hybridized carbons (Fsp3) is 0.400. The van der Waals surface area contributed by atoms with Crippen LogP contribution in [-0.4, -0.2) is 36.0 Å². The summed E-state index contributed by atoms with van der Waals surface area (Å²) in [5, 5.41) is 17.5. The maximum atomic E-state index is 12.4. The van der Waals surface area contributed by atoms with Crippen molar-refractivity contribution in [2.45, 2.75) is 6.18 Å². The normalized spacial score (nSPS) is 11.1. The van der Waals surface area contributed by atoms with Crippen molar-refractivity contribution >= 4 is 11.5 Å². The van der Waals surface area contributed by atoms with E-state index in [2.05, 4.69) is 4.98 Å². The zero-order valence-electron chi connectivity index (χ0n) is 9.28. The highest BCUT2D eigenvalue weighted by Gasteiger charge is 2.32. The van der Waals surface area contributed by atoms with E-state index < -0.39 is 19.3 Å². The molecule has 18 heavy (non-hydrogen) atoms. The molecule has 98 valence electrons. The van der Waals surface area contributed by atoms with Gasteiger partial charge in [-0.25, -0.2) is 4.98 Å². The van der Waals surface area contributed by atoms with E-state index in [1.165, 1.54) is 12.3 Å². The average molecular weight is 260 g/mol. The second kappa shape index (κ2) is 5.55. The van der Waals surface area contributed by atoms with Gasteiger partial charge in [0.2, 0.25) is 0 Å². The molecule has 1 aromatic rings. The molecule has 0 saturated carbocycles. The van der Waals surface area contributed by atoms with Gasteiger partial charge in [0.05, 0.1) is 17.9 Å². The largest absolute Gasteiger partial charge is 0.405 e. The van der Waals surface area contributed by atoms with Crippen LogP contribution in [-0.2, 0) is 0 Å². The minimum atomic E-state index is -4.45. The van der Waals surface area contributed by atoms with Crippen LogP contribution >= 0.6 is 0 Å². The van der Waals surface area contributed by atoms with E-state index in [9.17, 15) is 13.2 Å². The number of aromatic nitrogens is 1. The number of nitrogen functional groups attached to an aromatic ring is 1. The smallest absolute Gasteiger partial charge is 0.395 e. The lowest BCUT2D eigenvalue weighted by atomic mass is 10.2. The average Bonchev–Trinajstić information content (AvgIpc) is 2.27. The Morgan fingerprint density at radius 1 is 1.50 bits per heavy atom. The number of aliphatic hydroxyl groups excluding tert-OH is 1. The van der Waals surface area contributed by atoms with Gasteiger partial charge in [-0.2, -0.15) is 18.4 Å². The van der Waals surface area contributed by atoms with E-state index in [-0.39, 0.29) is 23.6 Å². The zero-order chi connectivity index (χ0) is 13.8. The topological polar surface area (TPSA) is 86.2 Å². The lowest BCUT2D eigenvalue weighted by Gasteiger charge is -2.25. The summed E-state index contributed by atoms with van der Waals surface area (Å²) in [4.78, 5) is 4.52. The van der Waals surface area contributed by atoms with E-state index in [0.29, 0.717) is 0 Å². The number of pyridine rings is 1. The Kier molecular flexibility index (Phi) is 4.33. The number of nitriles is 1. The minimum Gasteiger partial charge on any atom is -0.395 e. The molecule has 0 aliphatic carbocycles. The summed E-state index contributed by atoms with van der Waals surface area (Å²) in [6.45, 7) is -2.04. The molecule has 3 N–H and O–H groups in total. The van der Waals surface area contributed by atoms with Crippen molar-refractivity contribution in [2.24, 2.45) is 0 Å². The number of halogens is 3. The summed E-state index contributed by atoms with van der Waals surface area (Å²) >= 11 is 0. The van der Waals surface area contributed by atoms with Crippen molar-refractivity contribution in [1.82, 2.24) is 4.98 Å². The molecule has 5 nitrogen and oxygen atoms in total. The fourth-order valence-electron chi connectivity index (χ4n) is 1.41. The van der Waals surface area contributed by atoms with Gasteiger partial charge in [-0.15, -0.1) is 0 Å². The molecule has 0 aliphatic rings. The van der Waals surface area contributed by atoms with Gasteiger partial charge < -0.3 is 15.7 Å². The summed E-state index contributed by atoms with van der Waals surface area (Å²) < 4.78 is 37.1. The zero-order valence-corrected chi connectivity index (χ0v) is 9.28. The highest BCUT2D eigenvalue weighted by atomic mass is 19.4. The van der Waals surface area contributed by atoms with Crippen molar-refractivity contribution in [2.75, 3.05) is 30.3 Å². The SMILES string of the molecule is N#Cc1ccnc(N(CCO)CC(F)(F)F)c1N. The first-order valence-corrected chi connectivity index (χ1v) is 4.96. The standard InChI is InChI=1S/C10H11F3N4O/c11-10(12,13)6-17(3-4-18)9-8(15)7(5-14)1-2-16-9/h1-2,18H,3-4,6,15H2. The number of rotatable bonds is 4. The van der Waals surface area contributed by atoms with Crippen molar-refractivity contribution in [3.63, 3.8) is 0 Å². The van der Waals surface area contributed by atoms with Gasteiger partial charge in [-0.05, 0) is 6.07 Å². The Morgan fingerprint density at radius 2 is 2.17 bits per heavy atom. The number of nitrogens with two attached hydrogens (primary N) is 1. The molecule has 0 fully saturated rings. The highest BCUT2D eigenvalue weighted by molar-refractivity contribution is 5.70. The van der Waals surface area contributed by atoms with E-state index >= 15 is 0 Å². The number of alkyl halides is 3. The van der Waals surface area contributed by atoms with Crippen molar-refractivity contribution in [3.05, 3.63) is 17.8 Å². The van der Waals surface area contributed by atoms with Crippen LogP contribution in [0.2, 0.25) is 0 Å². The van der Waals surface area contributed by atoms with Crippen LogP contribution < -0.4 is 10.6 Å². The molecule has 0 unspecified atom stereocenters. The van der Waals surface area contributed by atoms with E-state index in [1.54, 1.807) is 6.07 Å². The van der Waals surface area contributed by atoms with Crippen LogP contribution in [0.5, 0.6) is 0 Å². The maximum Gasteiger partial charge on any atom is 0.405 e. The van der Waals surface area contributed by atoms with Crippen LogP contribution in [0.4, 0.5) is 24.7 Å². The summed E-state index contributed by atoms with van der Waals surface area (Å²) in [6.07, 6.45) is -3.25. The van der Waals surface area contributed by atoms with Crippen molar-refractivity contribution < 1.29 is 18.3 Å². The summed E-state index contributed by atoms with van der Waals surface area (Å²) in [7, 11) is 0. The molecule has 0 aromatic carbocycles. The van der Waals surface area contributed by atoms with Crippen molar-refractivity contribution in [3.8, 4) is 6.07 Å². The second-order valence-electron chi connectivity index (χ2n) is 3.47. The molecule has 1 heterocycles. The highest BCUT2D eigenvalue weighted by Crippen LogP contribution is 2.26. The lowest BCUT2D eigenvalue weighted by Crippen LogP contribution is -2.37. The van der Waals surface area contributed by atoms with Crippen LogP contribution in [0.1, 0.15) is 5.56 Å². The fourth-order valence-corrected chi connectivity index (χ4v) is 1.41. The van der Waals surface area contributed by atoms with Gasteiger partial charge in [-0.1, -0.05) is 0 Å². The van der Waals surface area contributed by atoms with Gasteiger partial charge >= 0.3 is 6.18 Å². The molecule has 0 radical (unpaired) electrons. The molecular weight excluding hydrogens is 249 g/mol. The number of hydrogen-bond acceptors (Lipinski definition) is 5. The first kappa shape index (κ1) is 14.1. The number of nitrogens with zero attached hydrogens (tertiary/aromatic N) is 3. The summed E-state index contributed by atoms with van der Waals surface area (Å²) in [5.74, 6) is -0.152. The molecule has 0 bridgehead atoms. The van der Waals surface area contributed by atoms with E-state index in [0.717, 1.165) is 4.90 Å². The maximum absolute atomic E-state index is 12.4. The molecule has 0 atom stereocenters. The monoisotopic (exact) mass is 260 g/mol. The predicted octanol–water partition coefficient (Wildman–Crippen LogP) is 0.896. The number of anilines is 2. The Labute approximate surface area is 101 Å². The Balaban J connectivity index is 3.10. The summed E-state index contributed by atoms with van der Waals surface area (Å²) in [5.41, 5.74) is 5.49. The molecule has 0 saturated heterocycles. The molecule has 0 aliphatic heterocycles. The number of aliphatic hydroxyl groups is 1. The van der Waals surface area contributed by atoms with E-state index in [4.69, 9.17) is 16.1 Å². The van der Waals surface area contributed by atoms with Gasteiger partial charge in [-0.3, -0.25) is 0 Å². The van der Waals surface area contributed by atoms with Crippen LogP contribution in [0.3, 0.4) is 0 Å². The second-order valence-corrected chi connectivity index (χ2v) is 3.47. The molecule has 1 rings (SSSR count). The number of hydrogen-bond donors (Lipinski definition) is 2. The van der Waals surface area contributed by atoms with Gasteiger partial charge in [0.25, 0.3) is 0 Å². The molecule has 0 spiro atoms. The van der Waals surface area contributed by atoms with Crippen LogP contribution in [0.25, 0.3) is 0 Å². The Bertz CT molecular complexity index is 455. The Hall–Kier alpha value is -2.01. The minimum absolute atomic E-state index is 0.0464. The van der Waals surface area contributed by atoms with E-state index in [1.807, 2.05) is 0 Å². The molecular formula is C10H11F3N4O. The Morgan fingerprint density at radius 3 is 2.67 bits per heavy atom. The quantitative estimate of drug-likeness (QED) is 0.839. The predicted molar refractivity (Wildman–Crippen MR) is 58.7 cm³/mol. The van der Waals surface area contributed by atoms with Gasteiger partial charge in [0.15, 0.2) is 5.82 Å².